The second-order valence-electron chi connectivity index (χ2n) is 5.80. The molecule has 0 saturated heterocycles. The van der Waals surface area contributed by atoms with Crippen molar-refractivity contribution in [2.45, 2.75) is 17.9 Å². The zero-order valence-electron chi connectivity index (χ0n) is 14.5. The van der Waals surface area contributed by atoms with Crippen molar-refractivity contribution in [1.82, 2.24) is 0 Å². The van der Waals surface area contributed by atoms with Gasteiger partial charge in [0.1, 0.15) is 4.90 Å². The molecular formula is C17H15ClN2O7S. The molecule has 0 bridgehead atoms. The largest absolute Gasteiger partial charge is 0.454 e. The summed E-state index contributed by atoms with van der Waals surface area (Å²) >= 11 is 5.78. The average Bonchev–Trinajstić information content (AvgIpc) is 3.08. The van der Waals surface area contributed by atoms with E-state index in [0.29, 0.717) is 17.2 Å². The Labute approximate surface area is 165 Å². The third-order valence-corrected chi connectivity index (χ3v) is 5.16. The Morgan fingerprint density at radius 3 is 2.61 bits per heavy atom. The zero-order valence-corrected chi connectivity index (χ0v) is 16.0. The second kappa shape index (κ2) is 7.66. The number of halogens is 1. The average molecular weight is 427 g/mol. The molecule has 1 aliphatic rings. The summed E-state index contributed by atoms with van der Waals surface area (Å²) in [6, 6.07) is 8.28. The highest BCUT2D eigenvalue weighted by atomic mass is 35.5. The molecule has 148 valence electrons. The molecule has 28 heavy (non-hydrogen) atoms. The van der Waals surface area contributed by atoms with Crippen molar-refractivity contribution in [1.29, 1.82) is 0 Å². The van der Waals surface area contributed by atoms with Crippen LogP contribution in [0.15, 0.2) is 41.3 Å². The number of carbonyl (C=O) groups excluding carboxylic acids is 2. The van der Waals surface area contributed by atoms with Gasteiger partial charge in [-0.05, 0) is 37.3 Å². The van der Waals surface area contributed by atoms with Crippen molar-refractivity contribution in [3.05, 3.63) is 47.0 Å². The van der Waals surface area contributed by atoms with Gasteiger partial charge < -0.3 is 19.5 Å². The number of primary sulfonamides is 1. The van der Waals surface area contributed by atoms with Crippen LogP contribution < -0.4 is 19.9 Å². The highest BCUT2D eigenvalue weighted by Gasteiger charge is 2.22. The van der Waals surface area contributed by atoms with Crippen LogP contribution in [0.2, 0.25) is 5.02 Å². The van der Waals surface area contributed by atoms with Gasteiger partial charge in [0.2, 0.25) is 16.8 Å². The highest BCUT2D eigenvalue weighted by molar-refractivity contribution is 7.89. The Balaban J connectivity index is 1.68. The van der Waals surface area contributed by atoms with Crippen LogP contribution >= 0.6 is 11.6 Å². The van der Waals surface area contributed by atoms with Crippen molar-refractivity contribution in [2.24, 2.45) is 5.14 Å². The van der Waals surface area contributed by atoms with Crippen molar-refractivity contribution < 1.29 is 32.2 Å². The first kappa shape index (κ1) is 19.9. The number of esters is 1. The predicted molar refractivity (Wildman–Crippen MR) is 98.9 cm³/mol. The maximum Gasteiger partial charge on any atom is 0.338 e. The normalized spacial score (nSPS) is 13.7. The zero-order chi connectivity index (χ0) is 20.5. The van der Waals surface area contributed by atoms with Crippen molar-refractivity contribution >= 4 is 39.2 Å². The summed E-state index contributed by atoms with van der Waals surface area (Å²) < 4.78 is 38.5. The maximum absolute atomic E-state index is 12.3. The third kappa shape index (κ3) is 4.35. The van der Waals surface area contributed by atoms with Crippen LogP contribution in [-0.2, 0) is 19.6 Å². The quantitative estimate of drug-likeness (QED) is 0.697. The van der Waals surface area contributed by atoms with Crippen LogP contribution in [0.3, 0.4) is 0 Å². The molecule has 11 heteroatoms. The fourth-order valence-electron chi connectivity index (χ4n) is 2.35. The molecule has 0 aliphatic carbocycles. The van der Waals surface area contributed by atoms with Crippen molar-refractivity contribution in [2.75, 3.05) is 12.1 Å². The molecule has 0 aromatic heterocycles. The van der Waals surface area contributed by atoms with Crippen LogP contribution in [0, 0.1) is 0 Å². The topological polar surface area (TPSA) is 134 Å². The number of anilines is 1. The minimum atomic E-state index is -4.12. The van der Waals surface area contributed by atoms with Gasteiger partial charge in [-0.3, -0.25) is 4.79 Å². The van der Waals surface area contributed by atoms with E-state index in [1.807, 2.05) is 0 Å². The smallest absolute Gasteiger partial charge is 0.338 e. The van der Waals surface area contributed by atoms with E-state index in [1.54, 1.807) is 18.2 Å². The van der Waals surface area contributed by atoms with Gasteiger partial charge in [-0.1, -0.05) is 11.6 Å². The van der Waals surface area contributed by atoms with Crippen LogP contribution in [0.4, 0.5) is 5.69 Å². The van der Waals surface area contributed by atoms with E-state index in [1.165, 1.54) is 19.1 Å². The summed E-state index contributed by atoms with van der Waals surface area (Å²) in [6.07, 6.45) is -1.16. The molecule has 2 aromatic carbocycles. The Kier molecular flexibility index (Phi) is 5.45. The molecule has 0 saturated carbocycles. The van der Waals surface area contributed by atoms with Crippen LogP contribution in [0.25, 0.3) is 0 Å². The van der Waals surface area contributed by atoms with Crippen LogP contribution in [-0.4, -0.2) is 33.2 Å². The fraction of sp³-hybridized carbons (Fsp3) is 0.176. The number of amides is 1. The second-order valence-corrected chi connectivity index (χ2v) is 7.73. The Bertz CT molecular complexity index is 1060. The Morgan fingerprint density at radius 2 is 1.89 bits per heavy atom. The third-order valence-electron chi connectivity index (χ3n) is 3.77. The number of nitrogens with one attached hydrogen (secondary N) is 1. The number of nitrogens with two attached hydrogens (primary N) is 1. The van der Waals surface area contributed by atoms with Gasteiger partial charge in [-0.15, -0.1) is 0 Å². The Morgan fingerprint density at radius 1 is 1.18 bits per heavy atom. The molecule has 0 fully saturated rings. The van der Waals surface area contributed by atoms with Crippen LogP contribution in [0.1, 0.15) is 17.3 Å². The minimum Gasteiger partial charge on any atom is -0.454 e. The molecule has 3 rings (SSSR count). The highest BCUT2D eigenvalue weighted by Crippen LogP contribution is 2.34. The molecule has 2 aromatic rings. The lowest BCUT2D eigenvalue weighted by atomic mass is 10.2. The number of hydrogen-bond acceptors (Lipinski definition) is 7. The molecule has 9 nitrogen and oxygen atoms in total. The monoisotopic (exact) mass is 426 g/mol. The number of ether oxygens (including phenoxy) is 3. The lowest BCUT2D eigenvalue weighted by Crippen LogP contribution is -2.30. The number of rotatable bonds is 5. The van der Waals surface area contributed by atoms with E-state index in [2.05, 4.69) is 5.32 Å². The summed E-state index contributed by atoms with van der Waals surface area (Å²) in [5.41, 5.74) is 0.316. The molecule has 1 atom stereocenters. The van der Waals surface area contributed by atoms with Crippen LogP contribution in [0.5, 0.6) is 11.5 Å². The van der Waals surface area contributed by atoms with Gasteiger partial charge in [0.05, 0.1) is 10.6 Å². The molecule has 0 unspecified atom stereocenters. The summed E-state index contributed by atoms with van der Waals surface area (Å²) in [7, 11) is -4.12. The van der Waals surface area contributed by atoms with Gasteiger partial charge >= 0.3 is 5.97 Å². The summed E-state index contributed by atoms with van der Waals surface area (Å²) in [5.74, 6) is -0.451. The molecule has 0 spiro atoms. The molecule has 0 radical (unpaired) electrons. The van der Waals surface area contributed by atoms with Gasteiger partial charge in [0, 0.05) is 11.8 Å². The van der Waals surface area contributed by atoms with E-state index < -0.39 is 32.9 Å². The maximum atomic E-state index is 12.3. The Hall–Kier alpha value is -2.82. The van der Waals surface area contributed by atoms with Gasteiger partial charge in [0.25, 0.3) is 5.91 Å². The summed E-state index contributed by atoms with van der Waals surface area (Å²) in [4.78, 5) is 24.1. The standard InChI is InChI=1S/C17H15ClN2O7S/c1-9(16(21)20-11-3-5-13-14(7-11)26-8-25-13)27-17(22)10-2-4-12(18)15(6-10)28(19,23)24/h2-7,9H,8H2,1H3,(H,20,21)(H2,19,23,24)/t9-/m0/s1. The molecule has 1 aliphatic heterocycles. The van der Waals surface area contributed by atoms with Gasteiger partial charge in [-0.2, -0.15) is 0 Å². The summed E-state index contributed by atoms with van der Waals surface area (Å²) in [6.45, 7) is 1.47. The number of hydrogen-bond donors (Lipinski definition) is 2. The first-order valence-electron chi connectivity index (χ1n) is 7.89. The van der Waals surface area contributed by atoms with E-state index in [-0.39, 0.29) is 17.4 Å². The number of benzene rings is 2. The molecule has 1 amide bonds. The van der Waals surface area contributed by atoms with E-state index in [4.69, 9.17) is 31.0 Å². The lowest BCUT2D eigenvalue weighted by Gasteiger charge is -2.14. The number of carbonyl (C=O) groups is 2. The van der Waals surface area contributed by atoms with Crippen molar-refractivity contribution in [3.8, 4) is 11.5 Å². The van der Waals surface area contributed by atoms with E-state index >= 15 is 0 Å². The lowest BCUT2D eigenvalue weighted by molar-refractivity contribution is -0.123. The predicted octanol–water partition coefficient (Wildman–Crippen LogP) is 1.90. The van der Waals surface area contributed by atoms with Gasteiger partial charge in [0.15, 0.2) is 17.6 Å². The SMILES string of the molecule is C[C@H](OC(=O)c1ccc(Cl)c(S(N)(=O)=O)c1)C(=O)Nc1ccc2c(c1)OCO2. The minimum absolute atomic E-state index is 0.0996. The van der Waals surface area contributed by atoms with E-state index in [9.17, 15) is 18.0 Å². The molecule has 1 heterocycles. The number of sulfonamides is 1. The van der Waals surface area contributed by atoms with Gasteiger partial charge in [-0.25, -0.2) is 18.4 Å². The van der Waals surface area contributed by atoms with E-state index in [0.717, 1.165) is 6.07 Å². The van der Waals surface area contributed by atoms with Crippen molar-refractivity contribution in [3.63, 3.8) is 0 Å². The first-order valence-corrected chi connectivity index (χ1v) is 9.81. The molecular weight excluding hydrogens is 412 g/mol. The number of fused-ring (bicyclic) bond motifs is 1. The fourth-order valence-corrected chi connectivity index (χ4v) is 3.42. The first-order chi connectivity index (χ1) is 13.1. The molecule has 3 N–H and O–H groups in total. The summed E-state index contributed by atoms with van der Waals surface area (Å²) in [5, 5.41) is 7.51.